The van der Waals surface area contributed by atoms with E-state index in [4.69, 9.17) is 14.0 Å². The first-order chi connectivity index (χ1) is 20.4. The lowest BCUT2D eigenvalue weighted by molar-refractivity contribution is -0.139. The smallest absolute Gasteiger partial charge is 0.396 e. The number of carbonyl (C=O) groups is 2. The van der Waals surface area contributed by atoms with Gasteiger partial charge in [-0.15, -0.1) is 0 Å². The average Bonchev–Trinajstić information content (AvgIpc) is 2.90. The summed E-state index contributed by atoms with van der Waals surface area (Å²) in [6.45, 7) is 0.822. The third kappa shape index (κ3) is 13.3. The summed E-state index contributed by atoms with van der Waals surface area (Å²) in [6.07, 6.45) is -7.74. The van der Waals surface area contributed by atoms with Crippen molar-refractivity contribution in [2.24, 2.45) is 0 Å². The lowest BCUT2D eigenvalue weighted by atomic mass is 9.99. The number of phosphoric ester groups is 2. The second-order valence-electron chi connectivity index (χ2n) is 9.10. The van der Waals surface area contributed by atoms with Gasteiger partial charge in [-0.25, -0.2) is 13.9 Å². The van der Waals surface area contributed by atoms with E-state index in [2.05, 4.69) is 19.5 Å². The highest BCUT2D eigenvalue weighted by Gasteiger charge is 2.43. The van der Waals surface area contributed by atoms with Gasteiger partial charge in [0.2, 0.25) is 11.8 Å². The summed E-state index contributed by atoms with van der Waals surface area (Å²) < 4.78 is 50.1. The highest BCUT2D eigenvalue weighted by atomic mass is 31.3. The number of ether oxygens (including phenoxy) is 2. The van der Waals surface area contributed by atoms with E-state index in [1.54, 1.807) is 0 Å². The van der Waals surface area contributed by atoms with Gasteiger partial charge in [-0.2, -0.15) is 4.31 Å². The van der Waals surface area contributed by atoms with Crippen molar-refractivity contribution in [3.8, 4) is 0 Å². The number of amides is 2. The molecule has 0 aromatic carbocycles. The number of hydrogen-bond acceptors (Lipinski definition) is 15. The molecule has 1 rings (SSSR count). The van der Waals surface area contributed by atoms with Gasteiger partial charge in [0.05, 0.1) is 25.4 Å². The van der Waals surface area contributed by atoms with Gasteiger partial charge in [-0.3, -0.25) is 33.0 Å². The van der Waals surface area contributed by atoms with Crippen molar-refractivity contribution in [1.82, 2.24) is 20.2 Å². The second kappa shape index (κ2) is 18.0. The summed E-state index contributed by atoms with van der Waals surface area (Å²) in [5.41, 5.74) is -1.62. The van der Waals surface area contributed by atoms with Crippen molar-refractivity contribution < 1.29 is 71.8 Å². The predicted molar refractivity (Wildman–Crippen MR) is 145 cm³/mol. The standard InChI is InChI=1S/C21H38N4O17P2/c1-11(28)22-14(6-8-26)19(32)18(23-12(2)29)20(38-4)41-44(36,37)42-43(34,35)39-10-16(15(30)9-27)40-13(3)25-7-5-17(31)24-21(25)33/h5,7,13-16,18-20,26-27,30,32H,6,8-10H2,1-4H3,(H,22,28)(H,23,29)(H,34,35)(H,36,37)(H,24,31,33)/t13?,14?,15-,16-,18?,19?,20?/m1/s1. The van der Waals surface area contributed by atoms with E-state index in [0.717, 1.165) is 37.8 Å². The fourth-order valence-corrected chi connectivity index (χ4v) is 5.85. The molecule has 0 bridgehead atoms. The lowest BCUT2D eigenvalue weighted by Gasteiger charge is -2.34. The molecule has 0 fully saturated rings. The largest absolute Gasteiger partial charge is 0.483 e. The number of aliphatic hydroxyl groups is 4. The van der Waals surface area contributed by atoms with Crippen LogP contribution in [0.25, 0.3) is 0 Å². The number of nitrogens with zero attached hydrogens (tertiary/aromatic N) is 1. The van der Waals surface area contributed by atoms with Crippen LogP contribution < -0.4 is 21.9 Å². The number of methoxy groups -OCH3 is 1. The fraction of sp³-hybridized carbons (Fsp3) is 0.714. The van der Waals surface area contributed by atoms with Gasteiger partial charge in [-0.1, -0.05) is 0 Å². The van der Waals surface area contributed by atoms with Crippen LogP contribution in [0.15, 0.2) is 21.9 Å². The Balaban J connectivity index is 3.09. The summed E-state index contributed by atoms with van der Waals surface area (Å²) in [4.78, 5) is 68.8. The number of aliphatic hydroxyl groups excluding tert-OH is 4. The van der Waals surface area contributed by atoms with Crippen molar-refractivity contribution in [1.29, 1.82) is 0 Å². The van der Waals surface area contributed by atoms with E-state index < -0.39 is 101 Å². The molecule has 1 aromatic rings. The topological polar surface area (TPSA) is 315 Å². The molecule has 21 nitrogen and oxygen atoms in total. The molecule has 7 unspecified atom stereocenters. The first-order valence-electron chi connectivity index (χ1n) is 12.7. The molecule has 0 spiro atoms. The predicted octanol–water partition coefficient (Wildman–Crippen LogP) is -3.23. The van der Waals surface area contributed by atoms with Crippen LogP contribution in [-0.2, 0) is 41.6 Å². The summed E-state index contributed by atoms with van der Waals surface area (Å²) >= 11 is 0. The van der Waals surface area contributed by atoms with Gasteiger partial charge in [-0.05, 0) is 13.3 Å². The van der Waals surface area contributed by atoms with Crippen LogP contribution in [-0.4, -0.2) is 115 Å². The zero-order chi connectivity index (χ0) is 33.8. The Morgan fingerprint density at radius 2 is 1.68 bits per heavy atom. The zero-order valence-electron chi connectivity index (χ0n) is 24.0. The third-order valence-electron chi connectivity index (χ3n) is 5.58. The maximum Gasteiger partial charge on any atom is 0.483 e. The molecule has 0 aliphatic rings. The van der Waals surface area contributed by atoms with Crippen LogP contribution in [0.5, 0.6) is 0 Å². The maximum atomic E-state index is 12.7. The molecule has 1 aromatic heterocycles. The van der Waals surface area contributed by atoms with E-state index in [9.17, 15) is 58.5 Å². The van der Waals surface area contributed by atoms with Gasteiger partial charge >= 0.3 is 21.3 Å². The number of rotatable bonds is 20. The molecule has 9 N–H and O–H groups in total. The van der Waals surface area contributed by atoms with Crippen molar-refractivity contribution in [2.45, 2.75) is 70.1 Å². The fourth-order valence-electron chi connectivity index (χ4n) is 3.65. The highest BCUT2D eigenvalue weighted by Crippen LogP contribution is 2.61. The molecular weight excluding hydrogens is 642 g/mol. The number of phosphoric acid groups is 2. The Hall–Kier alpha value is -2.36. The lowest BCUT2D eigenvalue weighted by Crippen LogP contribution is -2.59. The van der Waals surface area contributed by atoms with Gasteiger partial charge in [0, 0.05) is 39.8 Å². The van der Waals surface area contributed by atoms with E-state index in [1.165, 1.54) is 6.92 Å². The van der Waals surface area contributed by atoms with Crippen LogP contribution in [0.1, 0.15) is 33.4 Å². The molecule has 0 aliphatic heterocycles. The normalized spacial score (nSPS) is 19.3. The molecule has 2 amide bonds. The third-order valence-corrected chi connectivity index (χ3v) is 8.18. The summed E-state index contributed by atoms with van der Waals surface area (Å²) in [5, 5.41) is 44.0. The molecule has 1 heterocycles. The molecule has 254 valence electrons. The van der Waals surface area contributed by atoms with Crippen molar-refractivity contribution >= 4 is 27.5 Å². The zero-order valence-corrected chi connectivity index (χ0v) is 25.8. The van der Waals surface area contributed by atoms with Gasteiger partial charge in [0.25, 0.3) is 5.56 Å². The molecule has 0 saturated carbocycles. The Morgan fingerprint density at radius 1 is 1.07 bits per heavy atom. The minimum atomic E-state index is -5.67. The Morgan fingerprint density at radius 3 is 2.18 bits per heavy atom. The van der Waals surface area contributed by atoms with Crippen LogP contribution >= 0.6 is 15.6 Å². The van der Waals surface area contributed by atoms with Crippen molar-refractivity contribution in [2.75, 3.05) is 26.9 Å². The second-order valence-corrected chi connectivity index (χ2v) is 12.1. The Bertz CT molecular complexity index is 1290. The summed E-state index contributed by atoms with van der Waals surface area (Å²) in [7, 11) is -10.3. The summed E-state index contributed by atoms with van der Waals surface area (Å²) in [6, 6.07) is -1.97. The molecule has 23 heteroatoms. The molecular formula is C21H38N4O17P2. The quantitative estimate of drug-likeness (QED) is 0.0483. The molecule has 0 aliphatic carbocycles. The SMILES string of the molecule is COC(OP(=O)(O)OP(=O)(O)OC[C@@H](OC(C)n1ccc(=O)[nH]c1=O)[C@H](O)CO)C(NC(C)=O)C(O)C(CCO)NC(C)=O. The monoisotopic (exact) mass is 680 g/mol. The molecule has 0 radical (unpaired) electrons. The Labute approximate surface area is 249 Å². The van der Waals surface area contributed by atoms with Crippen LogP contribution in [0.2, 0.25) is 0 Å². The van der Waals surface area contributed by atoms with E-state index in [1.807, 2.05) is 4.98 Å². The van der Waals surface area contributed by atoms with Crippen LogP contribution in [0.4, 0.5) is 0 Å². The number of H-pyrrole nitrogens is 1. The number of carbonyl (C=O) groups excluding carboxylic acids is 2. The van der Waals surface area contributed by atoms with E-state index in [0.29, 0.717) is 0 Å². The average molecular weight is 680 g/mol. The highest BCUT2D eigenvalue weighted by molar-refractivity contribution is 7.61. The number of aromatic nitrogens is 2. The number of nitrogens with one attached hydrogen (secondary N) is 3. The van der Waals surface area contributed by atoms with Gasteiger partial charge in [0.15, 0.2) is 6.29 Å². The Kier molecular flexibility index (Phi) is 16.2. The number of hydrogen-bond donors (Lipinski definition) is 9. The van der Waals surface area contributed by atoms with Crippen LogP contribution in [0.3, 0.4) is 0 Å². The minimum Gasteiger partial charge on any atom is -0.396 e. The van der Waals surface area contributed by atoms with Crippen molar-refractivity contribution in [3.05, 3.63) is 33.1 Å². The van der Waals surface area contributed by atoms with Gasteiger partial charge in [0.1, 0.15) is 24.5 Å². The molecule has 0 saturated heterocycles. The minimum absolute atomic E-state index is 0.237. The molecule has 9 atom stereocenters. The van der Waals surface area contributed by atoms with Gasteiger partial charge < -0.3 is 50.3 Å². The van der Waals surface area contributed by atoms with E-state index in [-0.39, 0.29) is 6.42 Å². The summed E-state index contributed by atoms with van der Waals surface area (Å²) in [5.74, 6) is -1.44. The number of aromatic amines is 1. The van der Waals surface area contributed by atoms with Crippen molar-refractivity contribution in [3.63, 3.8) is 0 Å². The first kappa shape index (κ1) is 39.7. The van der Waals surface area contributed by atoms with Crippen LogP contribution in [0, 0.1) is 0 Å². The maximum absolute atomic E-state index is 12.7. The van der Waals surface area contributed by atoms with E-state index >= 15 is 0 Å². The molecule has 44 heavy (non-hydrogen) atoms. The first-order valence-corrected chi connectivity index (χ1v) is 15.7.